The summed E-state index contributed by atoms with van der Waals surface area (Å²) in [5, 5.41) is 0.367. The minimum atomic E-state index is -3.85. The lowest BCUT2D eigenvalue weighted by Gasteiger charge is -2.20. The van der Waals surface area contributed by atoms with Crippen LogP contribution in [0.3, 0.4) is 0 Å². The molecule has 0 atom stereocenters. The summed E-state index contributed by atoms with van der Waals surface area (Å²) in [6.07, 6.45) is 0.764. The molecule has 0 radical (unpaired) electrons. The third-order valence-corrected chi connectivity index (χ3v) is 7.22. The molecule has 1 aliphatic heterocycles. The summed E-state index contributed by atoms with van der Waals surface area (Å²) < 4.78 is 28.3. The van der Waals surface area contributed by atoms with Gasteiger partial charge in [-0.1, -0.05) is 60.1 Å². The van der Waals surface area contributed by atoms with Gasteiger partial charge in [-0.15, -0.1) is 0 Å². The second-order valence-corrected chi connectivity index (χ2v) is 9.61. The molecule has 4 aromatic rings. The first-order valence-corrected chi connectivity index (χ1v) is 11.7. The Morgan fingerprint density at radius 3 is 2.23 bits per heavy atom. The highest BCUT2D eigenvalue weighted by molar-refractivity contribution is 7.92. The molecule has 8 heteroatoms. The molecule has 0 spiro atoms. The summed E-state index contributed by atoms with van der Waals surface area (Å²) in [4.78, 5) is 11.5. The van der Waals surface area contributed by atoms with Crippen molar-refractivity contribution in [3.05, 3.63) is 89.4 Å². The molecule has 1 aromatic heterocycles. The van der Waals surface area contributed by atoms with E-state index in [1.165, 1.54) is 15.9 Å². The van der Waals surface area contributed by atoms with E-state index in [-0.39, 0.29) is 11.6 Å². The van der Waals surface area contributed by atoms with Gasteiger partial charge in [-0.3, -0.25) is 0 Å². The number of hydrogen-bond donors (Lipinski definition) is 0. The van der Waals surface area contributed by atoms with E-state index in [4.69, 9.17) is 16.6 Å². The van der Waals surface area contributed by atoms with Crippen LogP contribution < -0.4 is 9.21 Å². The quantitative estimate of drug-likeness (QED) is 0.448. The summed E-state index contributed by atoms with van der Waals surface area (Å²) in [6.45, 7) is 0.763. The summed E-state index contributed by atoms with van der Waals surface area (Å²) >= 11 is 6.06. The van der Waals surface area contributed by atoms with Gasteiger partial charge >= 0.3 is 0 Å². The highest BCUT2D eigenvalue weighted by Crippen LogP contribution is 2.38. The number of anilines is 2. The van der Waals surface area contributed by atoms with E-state index < -0.39 is 10.0 Å². The number of halogens is 1. The molecule has 6 nitrogen and oxygen atoms in total. The van der Waals surface area contributed by atoms with E-state index in [2.05, 4.69) is 17.1 Å². The molecule has 0 N–H and O–H groups in total. The number of para-hydroxylation sites is 2. The van der Waals surface area contributed by atoms with Gasteiger partial charge < -0.3 is 4.90 Å². The Labute approximate surface area is 185 Å². The number of rotatable bonds is 5. The Hall–Kier alpha value is -3.16. The third-order valence-electron chi connectivity index (χ3n) is 5.27. The van der Waals surface area contributed by atoms with Crippen LogP contribution in [0.4, 0.5) is 11.6 Å². The molecule has 5 rings (SSSR count). The number of benzene rings is 3. The Morgan fingerprint density at radius 1 is 0.839 bits per heavy atom. The number of sulfonamides is 1. The average Bonchev–Trinajstić information content (AvgIpc) is 3.15. The van der Waals surface area contributed by atoms with Gasteiger partial charge in [0, 0.05) is 11.6 Å². The zero-order chi connectivity index (χ0) is 21.4. The van der Waals surface area contributed by atoms with Gasteiger partial charge in [-0.25, -0.2) is 22.7 Å². The third kappa shape index (κ3) is 3.71. The van der Waals surface area contributed by atoms with Crippen LogP contribution >= 0.6 is 11.6 Å². The SMILES string of the molecule is O=S(=O)(c1cccc(Cl)c1)N1CN(CCc2ccccc2)c2nc3ccccc3nc21. The van der Waals surface area contributed by atoms with Crippen molar-refractivity contribution in [3.8, 4) is 0 Å². The summed E-state index contributed by atoms with van der Waals surface area (Å²) in [5.41, 5.74) is 2.55. The second-order valence-electron chi connectivity index (χ2n) is 7.31. The Kier molecular flexibility index (Phi) is 5.00. The van der Waals surface area contributed by atoms with E-state index in [9.17, 15) is 8.42 Å². The first-order chi connectivity index (χ1) is 15.0. The van der Waals surface area contributed by atoms with E-state index in [1.54, 1.807) is 18.2 Å². The normalized spacial score (nSPS) is 13.6. The fourth-order valence-corrected chi connectivity index (χ4v) is 5.36. The first-order valence-electron chi connectivity index (χ1n) is 9.86. The largest absolute Gasteiger partial charge is 0.334 e. The van der Waals surface area contributed by atoms with Crippen LogP contribution in [-0.2, 0) is 16.4 Å². The molecule has 31 heavy (non-hydrogen) atoms. The lowest BCUT2D eigenvalue weighted by molar-refractivity contribution is 0.591. The lowest BCUT2D eigenvalue weighted by Crippen LogP contribution is -2.36. The van der Waals surface area contributed by atoms with Crippen molar-refractivity contribution in [3.63, 3.8) is 0 Å². The van der Waals surface area contributed by atoms with Gasteiger partial charge in [0.25, 0.3) is 10.0 Å². The molecular formula is C23H19ClN4O2S. The number of aromatic nitrogens is 2. The standard InChI is InChI=1S/C23H19ClN4O2S/c24-18-9-6-10-19(15-18)31(29,30)28-16-27(14-13-17-7-2-1-3-8-17)22-23(28)26-21-12-5-4-11-20(21)25-22/h1-12,15H,13-14,16H2. The minimum Gasteiger partial charge on any atom is -0.334 e. The maximum absolute atomic E-state index is 13.5. The van der Waals surface area contributed by atoms with Gasteiger partial charge in [0.2, 0.25) is 0 Å². The zero-order valence-corrected chi connectivity index (χ0v) is 18.1. The molecule has 1 aliphatic rings. The van der Waals surface area contributed by atoms with Crippen LogP contribution in [0.15, 0.2) is 83.8 Å². The lowest BCUT2D eigenvalue weighted by atomic mass is 10.1. The van der Waals surface area contributed by atoms with E-state index in [0.29, 0.717) is 28.7 Å². The molecule has 0 saturated heterocycles. The highest BCUT2D eigenvalue weighted by atomic mass is 35.5. The maximum Gasteiger partial charge on any atom is 0.267 e. The van der Waals surface area contributed by atoms with Gasteiger partial charge in [-0.05, 0) is 42.3 Å². The van der Waals surface area contributed by atoms with Crippen LogP contribution in [0.2, 0.25) is 5.02 Å². The van der Waals surface area contributed by atoms with Crippen molar-refractivity contribution in [2.24, 2.45) is 0 Å². The fourth-order valence-electron chi connectivity index (χ4n) is 3.68. The van der Waals surface area contributed by atoms with Crippen LogP contribution in [0.5, 0.6) is 0 Å². The Morgan fingerprint density at radius 2 is 1.52 bits per heavy atom. The Balaban J connectivity index is 1.57. The van der Waals surface area contributed by atoms with Gasteiger partial charge in [0.1, 0.15) is 6.67 Å². The molecule has 0 amide bonds. The molecule has 3 aromatic carbocycles. The summed E-state index contributed by atoms with van der Waals surface area (Å²) in [6, 6.07) is 23.8. The van der Waals surface area contributed by atoms with E-state index in [1.807, 2.05) is 47.4 Å². The molecule has 2 heterocycles. The number of nitrogens with zero attached hydrogens (tertiary/aromatic N) is 4. The Bertz CT molecular complexity index is 1360. The van der Waals surface area contributed by atoms with Crippen LogP contribution in [0.25, 0.3) is 11.0 Å². The van der Waals surface area contributed by atoms with Crippen LogP contribution in [0.1, 0.15) is 5.56 Å². The topological polar surface area (TPSA) is 66.4 Å². The highest BCUT2D eigenvalue weighted by Gasteiger charge is 2.37. The van der Waals surface area contributed by atoms with Crippen molar-refractivity contribution >= 4 is 44.3 Å². The van der Waals surface area contributed by atoms with Crippen molar-refractivity contribution in [1.82, 2.24) is 9.97 Å². The first kappa shape index (κ1) is 19.8. The second kappa shape index (κ2) is 7.83. The fraction of sp³-hybridized carbons (Fsp3) is 0.130. The van der Waals surface area contributed by atoms with Crippen molar-refractivity contribution in [2.45, 2.75) is 11.3 Å². The number of hydrogen-bond acceptors (Lipinski definition) is 5. The van der Waals surface area contributed by atoms with E-state index >= 15 is 0 Å². The zero-order valence-electron chi connectivity index (χ0n) is 16.5. The predicted octanol–water partition coefficient (Wildman–Crippen LogP) is 4.50. The maximum atomic E-state index is 13.5. The molecule has 0 fully saturated rings. The van der Waals surface area contributed by atoms with Gasteiger partial charge in [0.05, 0.1) is 15.9 Å². The van der Waals surface area contributed by atoms with Crippen molar-refractivity contribution < 1.29 is 8.42 Å². The molecule has 0 unspecified atom stereocenters. The number of fused-ring (bicyclic) bond motifs is 2. The molecule has 0 aliphatic carbocycles. The molecular weight excluding hydrogens is 432 g/mol. The van der Waals surface area contributed by atoms with Crippen molar-refractivity contribution in [2.75, 3.05) is 22.4 Å². The molecule has 0 saturated carbocycles. The van der Waals surface area contributed by atoms with Crippen molar-refractivity contribution in [1.29, 1.82) is 0 Å². The van der Waals surface area contributed by atoms with Gasteiger partial charge in [-0.2, -0.15) is 0 Å². The van der Waals surface area contributed by atoms with Crippen LogP contribution in [-0.4, -0.2) is 31.6 Å². The van der Waals surface area contributed by atoms with Gasteiger partial charge in [0.15, 0.2) is 11.6 Å². The average molecular weight is 451 g/mol. The minimum absolute atomic E-state index is 0.130. The van der Waals surface area contributed by atoms with E-state index in [0.717, 1.165) is 11.9 Å². The molecule has 0 bridgehead atoms. The molecule has 156 valence electrons. The monoisotopic (exact) mass is 450 g/mol. The smallest absolute Gasteiger partial charge is 0.267 e. The summed E-state index contributed by atoms with van der Waals surface area (Å²) in [7, 11) is -3.85. The van der Waals surface area contributed by atoms with Crippen LogP contribution in [0, 0.1) is 0 Å². The summed E-state index contributed by atoms with van der Waals surface area (Å²) in [5.74, 6) is 0.909. The predicted molar refractivity (Wildman–Crippen MR) is 123 cm³/mol.